The highest BCUT2D eigenvalue weighted by atomic mass is 16.5. The molecular formula is C17H33NO3. The highest BCUT2D eigenvalue weighted by Gasteiger charge is 2.35. The maximum atomic E-state index is 11.5. The van der Waals surface area contributed by atoms with Gasteiger partial charge in [0, 0.05) is 6.61 Å². The maximum absolute atomic E-state index is 11.5. The van der Waals surface area contributed by atoms with Crippen LogP contribution in [0.2, 0.25) is 0 Å². The van der Waals surface area contributed by atoms with Gasteiger partial charge in [-0.2, -0.15) is 0 Å². The Kier molecular flexibility index (Phi) is 8.27. The molecule has 4 nitrogen and oxygen atoms in total. The molecule has 0 aromatic rings. The van der Waals surface area contributed by atoms with Crippen LogP contribution < -0.4 is 5.32 Å². The number of carbonyl (C=O) groups is 1. The highest BCUT2D eigenvalue weighted by molar-refractivity contribution is 5.78. The third-order valence-corrected chi connectivity index (χ3v) is 4.97. The van der Waals surface area contributed by atoms with Gasteiger partial charge >= 0.3 is 5.97 Å². The van der Waals surface area contributed by atoms with Gasteiger partial charge in [-0.1, -0.05) is 40.0 Å². The number of hydrogen-bond donors (Lipinski definition) is 2. The molecule has 21 heavy (non-hydrogen) atoms. The first kappa shape index (κ1) is 18.4. The van der Waals surface area contributed by atoms with E-state index in [1.807, 2.05) is 13.8 Å². The van der Waals surface area contributed by atoms with Crippen molar-refractivity contribution >= 4 is 5.97 Å². The predicted octanol–water partition coefficient (Wildman–Crippen LogP) is 3.59. The van der Waals surface area contributed by atoms with Crippen LogP contribution >= 0.6 is 0 Å². The molecule has 0 heterocycles. The van der Waals surface area contributed by atoms with Crippen molar-refractivity contribution in [2.75, 3.05) is 13.2 Å². The molecule has 3 unspecified atom stereocenters. The summed E-state index contributed by atoms with van der Waals surface area (Å²) < 4.78 is 6.06. The second kappa shape index (κ2) is 9.42. The van der Waals surface area contributed by atoms with Crippen molar-refractivity contribution in [3.05, 3.63) is 0 Å². The summed E-state index contributed by atoms with van der Waals surface area (Å²) in [4.78, 5) is 11.5. The molecule has 1 aliphatic carbocycles. The molecule has 1 fully saturated rings. The van der Waals surface area contributed by atoms with Crippen LogP contribution in [0.5, 0.6) is 0 Å². The molecule has 0 spiro atoms. The standard InChI is InChI=1S/C17H33NO3/c1-4-14-10-7-8-11-15(14)21-13-9-12-17(5-2,16(19)20)18-6-3/h14-15,18H,4-13H2,1-3H3,(H,19,20). The molecule has 0 aliphatic heterocycles. The zero-order valence-electron chi connectivity index (χ0n) is 14.0. The minimum Gasteiger partial charge on any atom is -0.480 e. The van der Waals surface area contributed by atoms with Gasteiger partial charge in [0.15, 0.2) is 0 Å². The molecule has 0 amide bonds. The topological polar surface area (TPSA) is 58.6 Å². The Morgan fingerprint density at radius 2 is 2.00 bits per heavy atom. The van der Waals surface area contributed by atoms with Crippen LogP contribution in [0, 0.1) is 5.92 Å². The molecule has 1 saturated carbocycles. The van der Waals surface area contributed by atoms with Crippen LogP contribution in [0.25, 0.3) is 0 Å². The van der Waals surface area contributed by atoms with Gasteiger partial charge in [0.2, 0.25) is 0 Å². The van der Waals surface area contributed by atoms with Crippen molar-refractivity contribution in [3.63, 3.8) is 0 Å². The molecule has 2 N–H and O–H groups in total. The third-order valence-electron chi connectivity index (χ3n) is 4.97. The number of carboxylic acid groups (broad SMARTS) is 1. The fourth-order valence-electron chi connectivity index (χ4n) is 3.53. The van der Waals surface area contributed by atoms with Crippen molar-refractivity contribution < 1.29 is 14.6 Å². The number of aliphatic carboxylic acids is 1. The first-order valence-electron chi connectivity index (χ1n) is 8.69. The number of nitrogens with one attached hydrogen (secondary N) is 1. The molecule has 0 radical (unpaired) electrons. The average molecular weight is 299 g/mol. The lowest BCUT2D eigenvalue weighted by atomic mass is 9.84. The number of carboxylic acids is 1. The molecule has 0 bridgehead atoms. The lowest BCUT2D eigenvalue weighted by molar-refractivity contribution is -0.145. The van der Waals surface area contributed by atoms with E-state index in [0.29, 0.717) is 38.0 Å². The lowest BCUT2D eigenvalue weighted by Crippen LogP contribution is -2.51. The van der Waals surface area contributed by atoms with Gasteiger partial charge in [-0.25, -0.2) is 0 Å². The van der Waals surface area contributed by atoms with Crippen molar-refractivity contribution in [1.29, 1.82) is 0 Å². The third kappa shape index (κ3) is 5.26. The first-order valence-corrected chi connectivity index (χ1v) is 8.69. The molecule has 0 aromatic heterocycles. The molecule has 1 aliphatic rings. The van der Waals surface area contributed by atoms with Gasteiger partial charge in [0.25, 0.3) is 0 Å². The van der Waals surface area contributed by atoms with E-state index < -0.39 is 11.5 Å². The summed E-state index contributed by atoms with van der Waals surface area (Å²) >= 11 is 0. The molecule has 0 aromatic carbocycles. The Morgan fingerprint density at radius 3 is 2.57 bits per heavy atom. The SMILES string of the molecule is CCNC(CC)(CCCOC1CCCCC1CC)C(=O)O. The Balaban J connectivity index is 2.38. The Morgan fingerprint density at radius 1 is 1.29 bits per heavy atom. The van der Waals surface area contributed by atoms with Crippen molar-refractivity contribution in [2.24, 2.45) is 5.92 Å². The Hall–Kier alpha value is -0.610. The van der Waals surface area contributed by atoms with Crippen LogP contribution in [0.4, 0.5) is 0 Å². The average Bonchev–Trinajstić information content (AvgIpc) is 2.50. The van der Waals surface area contributed by atoms with E-state index in [9.17, 15) is 9.90 Å². The molecule has 1 rings (SSSR count). The number of hydrogen-bond acceptors (Lipinski definition) is 3. The van der Waals surface area contributed by atoms with Gasteiger partial charge in [-0.05, 0) is 44.6 Å². The number of ether oxygens (including phenoxy) is 1. The fraction of sp³-hybridized carbons (Fsp3) is 0.941. The van der Waals surface area contributed by atoms with Crippen LogP contribution in [0.1, 0.15) is 72.1 Å². The maximum Gasteiger partial charge on any atom is 0.323 e. The summed E-state index contributed by atoms with van der Waals surface area (Å²) in [6.07, 6.45) is 8.69. The molecule has 3 atom stereocenters. The van der Waals surface area contributed by atoms with Crippen molar-refractivity contribution in [2.45, 2.75) is 83.8 Å². The summed E-state index contributed by atoms with van der Waals surface area (Å²) in [5.74, 6) is -0.0427. The number of likely N-dealkylation sites (N-methyl/N-ethyl adjacent to an activating group) is 1. The molecule has 4 heteroatoms. The van der Waals surface area contributed by atoms with Crippen LogP contribution in [-0.2, 0) is 9.53 Å². The second-order valence-electron chi connectivity index (χ2n) is 6.24. The van der Waals surface area contributed by atoms with Crippen molar-refractivity contribution in [3.8, 4) is 0 Å². The Bertz CT molecular complexity index is 308. The predicted molar refractivity (Wildman–Crippen MR) is 85.6 cm³/mol. The van der Waals surface area contributed by atoms with Crippen LogP contribution in [0.15, 0.2) is 0 Å². The molecular weight excluding hydrogens is 266 g/mol. The van der Waals surface area contributed by atoms with Gasteiger partial charge in [-0.15, -0.1) is 0 Å². The zero-order chi connectivity index (χ0) is 15.7. The van der Waals surface area contributed by atoms with Crippen LogP contribution in [-0.4, -0.2) is 35.9 Å². The summed E-state index contributed by atoms with van der Waals surface area (Å²) in [5, 5.41) is 12.6. The van der Waals surface area contributed by atoms with E-state index >= 15 is 0 Å². The summed E-state index contributed by atoms with van der Waals surface area (Å²) in [6, 6.07) is 0. The van der Waals surface area contributed by atoms with Gasteiger partial charge in [0.05, 0.1) is 6.10 Å². The van der Waals surface area contributed by atoms with E-state index in [4.69, 9.17) is 4.74 Å². The minimum atomic E-state index is -0.783. The normalized spacial score (nSPS) is 25.5. The number of rotatable bonds is 10. The van der Waals surface area contributed by atoms with Gasteiger partial charge in [-0.3, -0.25) is 4.79 Å². The summed E-state index contributed by atoms with van der Waals surface area (Å²) in [7, 11) is 0. The molecule has 124 valence electrons. The Labute approximate surface area is 129 Å². The van der Waals surface area contributed by atoms with Gasteiger partial charge < -0.3 is 15.2 Å². The smallest absolute Gasteiger partial charge is 0.323 e. The largest absolute Gasteiger partial charge is 0.480 e. The fourth-order valence-corrected chi connectivity index (χ4v) is 3.53. The van der Waals surface area contributed by atoms with E-state index in [1.54, 1.807) is 0 Å². The lowest BCUT2D eigenvalue weighted by Gasteiger charge is -2.32. The van der Waals surface area contributed by atoms with E-state index in [2.05, 4.69) is 12.2 Å². The van der Waals surface area contributed by atoms with E-state index in [-0.39, 0.29) is 0 Å². The summed E-state index contributed by atoms with van der Waals surface area (Å²) in [5.41, 5.74) is -0.783. The molecule has 0 saturated heterocycles. The van der Waals surface area contributed by atoms with E-state index in [0.717, 1.165) is 6.42 Å². The summed E-state index contributed by atoms with van der Waals surface area (Å²) in [6.45, 7) is 7.50. The monoisotopic (exact) mass is 299 g/mol. The van der Waals surface area contributed by atoms with Crippen molar-refractivity contribution in [1.82, 2.24) is 5.32 Å². The van der Waals surface area contributed by atoms with E-state index in [1.165, 1.54) is 32.1 Å². The zero-order valence-corrected chi connectivity index (χ0v) is 14.0. The quantitative estimate of drug-likeness (QED) is 0.605. The first-order chi connectivity index (χ1) is 10.1. The second-order valence-corrected chi connectivity index (χ2v) is 6.24. The van der Waals surface area contributed by atoms with Crippen LogP contribution in [0.3, 0.4) is 0 Å². The minimum absolute atomic E-state index is 0.392. The van der Waals surface area contributed by atoms with Gasteiger partial charge in [0.1, 0.15) is 5.54 Å². The highest BCUT2D eigenvalue weighted by Crippen LogP contribution is 2.29.